The second kappa shape index (κ2) is 11.2. The molecule has 30 heavy (non-hydrogen) atoms. The number of rotatable bonds is 9. The molecule has 0 unspecified atom stereocenters. The minimum Gasteiger partial charge on any atom is -0.504 e. The highest BCUT2D eigenvalue weighted by molar-refractivity contribution is 6.02. The summed E-state index contributed by atoms with van der Waals surface area (Å²) in [5.74, 6) is -2.85. The van der Waals surface area contributed by atoms with Crippen molar-refractivity contribution in [1.82, 2.24) is 4.90 Å². The molecule has 0 aliphatic rings. The number of carbonyl (C=O) groups excluding carboxylic acids is 2. The van der Waals surface area contributed by atoms with Crippen molar-refractivity contribution in [2.45, 2.75) is 26.3 Å². The molecule has 0 saturated heterocycles. The minimum absolute atomic E-state index is 0.0108. The van der Waals surface area contributed by atoms with Crippen LogP contribution in [-0.4, -0.2) is 64.4 Å². The highest BCUT2D eigenvalue weighted by atomic mass is 16.6. The maximum absolute atomic E-state index is 12.7. The number of hydrogen-bond donors (Lipinski definition) is 2. The number of nitro benzene ring substituents is 1. The summed E-state index contributed by atoms with van der Waals surface area (Å²) < 4.78 is 4.63. The van der Waals surface area contributed by atoms with E-state index in [9.17, 15) is 35.2 Å². The maximum atomic E-state index is 12.7. The Morgan fingerprint density at radius 2 is 2.07 bits per heavy atom. The summed E-state index contributed by atoms with van der Waals surface area (Å²) in [5.41, 5.74) is -1.12. The van der Waals surface area contributed by atoms with Gasteiger partial charge in [-0.2, -0.15) is 5.26 Å². The minimum atomic E-state index is -0.913. The molecule has 11 heteroatoms. The number of aliphatic imine (C=N–C) groups is 1. The number of amides is 1. The number of methoxy groups -OCH3 is 1. The number of nitriles is 1. The molecule has 1 amide bonds. The van der Waals surface area contributed by atoms with Crippen LogP contribution in [0, 0.1) is 21.4 Å². The molecule has 0 spiro atoms. The number of hydrogen-bond acceptors (Lipinski definition) is 9. The van der Waals surface area contributed by atoms with Crippen LogP contribution in [0.15, 0.2) is 22.7 Å². The Morgan fingerprint density at radius 3 is 2.57 bits per heavy atom. The molecule has 11 nitrogen and oxygen atoms in total. The molecule has 0 aliphatic heterocycles. The molecule has 0 fully saturated rings. The summed E-state index contributed by atoms with van der Waals surface area (Å²) >= 11 is 0. The van der Waals surface area contributed by atoms with Crippen LogP contribution in [0.1, 0.15) is 25.8 Å². The predicted molar refractivity (Wildman–Crippen MR) is 107 cm³/mol. The number of ether oxygens (including phenoxy) is 1. The van der Waals surface area contributed by atoms with Crippen LogP contribution in [0.25, 0.3) is 6.08 Å². The van der Waals surface area contributed by atoms with Gasteiger partial charge in [-0.1, -0.05) is 6.92 Å². The van der Waals surface area contributed by atoms with Gasteiger partial charge in [0, 0.05) is 18.8 Å². The van der Waals surface area contributed by atoms with E-state index in [1.54, 1.807) is 19.9 Å². The van der Waals surface area contributed by atoms with E-state index in [-0.39, 0.29) is 24.2 Å². The first kappa shape index (κ1) is 24.1. The number of benzene rings is 1. The Hall–Kier alpha value is -3.94. The average molecular weight is 418 g/mol. The first-order chi connectivity index (χ1) is 14.2. The molecular formula is C19H22N4O7. The molecular weight excluding hydrogens is 396 g/mol. The van der Waals surface area contributed by atoms with E-state index in [0.717, 1.165) is 18.2 Å². The van der Waals surface area contributed by atoms with E-state index in [4.69, 9.17) is 0 Å². The summed E-state index contributed by atoms with van der Waals surface area (Å²) in [6, 6.07) is 2.95. The molecule has 2 N–H and O–H groups in total. The number of aromatic hydroxyl groups is 2. The number of phenols is 2. The third-order valence-electron chi connectivity index (χ3n) is 4.07. The van der Waals surface area contributed by atoms with Crippen molar-refractivity contribution in [2.24, 2.45) is 4.99 Å². The lowest BCUT2D eigenvalue weighted by Gasteiger charge is -2.18. The molecule has 0 saturated carbocycles. The maximum Gasteiger partial charge on any atom is 0.330 e. The van der Waals surface area contributed by atoms with Gasteiger partial charge in [0.2, 0.25) is 5.75 Å². The molecule has 0 aromatic heterocycles. The lowest BCUT2D eigenvalue weighted by molar-refractivity contribution is -0.386. The molecule has 1 aromatic rings. The highest BCUT2D eigenvalue weighted by Gasteiger charge is 2.21. The Bertz CT molecular complexity index is 918. The van der Waals surface area contributed by atoms with Gasteiger partial charge < -0.3 is 19.8 Å². The van der Waals surface area contributed by atoms with Gasteiger partial charge in [0.15, 0.2) is 5.75 Å². The zero-order valence-electron chi connectivity index (χ0n) is 16.7. The summed E-state index contributed by atoms with van der Waals surface area (Å²) in [4.78, 5) is 39.6. The van der Waals surface area contributed by atoms with Crippen LogP contribution in [-0.2, 0) is 14.3 Å². The number of esters is 1. The number of carbonyl (C=O) groups is 2. The molecule has 1 rings (SSSR count). The normalized spacial score (nSPS) is 12.3. The Kier molecular flexibility index (Phi) is 8.96. The molecule has 0 radical (unpaired) electrons. The van der Waals surface area contributed by atoms with Gasteiger partial charge in [-0.05, 0) is 31.1 Å². The first-order valence-electron chi connectivity index (χ1n) is 8.90. The average Bonchev–Trinajstić information content (AvgIpc) is 2.73. The third-order valence-corrected chi connectivity index (χ3v) is 4.07. The van der Waals surface area contributed by atoms with Gasteiger partial charge in [0.05, 0.1) is 18.6 Å². The number of nitro groups is 1. The zero-order chi connectivity index (χ0) is 22.8. The Labute approximate surface area is 172 Å². The van der Waals surface area contributed by atoms with Crippen molar-refractivity contribution < 1.29 is 29.5 Å². The lowest BCUT2D eigenvalue weighted by atomic mass is 10.1. The smallest absolute Gasteiger partial charge is 0.330 e. The molecule has 0 bridgehead atoms. The van der Waals surface area contributed by atoms with Crippen molar-refractivity contribution in [3.63, 3.8) is 0 Å². The van der Waals surface area contributed by atoms with Crippen LogP contribution < -0.4 is 0 Å². The molecule has 0 heterocycles. The van der Waals surface area contributed by atoms with Gasteiger partial charge in [-0.15, -0.1) is 0 Å². The predicted octanol–water partition coefficient (Wildman–Crippen LogP) is 1.78. The topological polar surface area (TPSA) is 166 Å². The van der Waals surface area contributed by atoms with Gasteiger partial charge in [-0.25, -0.2) is 4.79 Å². The fraction of sp³-hybridized carbons (Fsp3) is 0.368. The fourth-order valence-electron chi connectivity index (χ4n) is 2.42. The van der Waals surface area contributed by atoms with Crippen molar-refractivity contribution >= 4 is 29.9 Å². The molecule has 1 atom stereocenters. The van der Waals surface area contributed by atoms with Crippen molar-refractivity contribution in [2.75, 3.05) is 20.2 Å². The highest BCUT2D eigenvalue weighted by Crippen LogP contribution is 2.36. The molecule has 0 aliphatic carbocycles. The lowest BCUT2D eigenvalue weighted by Crippen LogP contribution is -2.33. The molecule has 160 valence electrons. The van der Waals surface area contributed by atoms with Crippen LogP contribution >= 0.6 is 0 Å². The van der Waals surface area contributed by atoms with E-state index in [2.05, 4.69) is 9.73 Å². The second-order valence-corrected chi connectivity index (χ2v) is 5.96. The van der Waals surface area contributed by atoms with Gasteiger partial charge in [0.25, 0.3) is 5.91 Å². The number of phenolic OH excluding ortho intramolecular Hbond substituents is 2. The summed E-state index contributed by atoms with van der Waals surface area (Å²) in [5, 5.41) is 39.5. The quantitative estimate of drug-likeness (QED) is 0.116. The van der Waals surface area contributed by atoms with E-state index in [1.165, 1.54) is 18.2 Å². The SMILES string of the molecule is CC[C@H](N=CCN(CC)C(=O)/C(C#N)=C/c1cc(O)c(O)c([N+](=O)[O-])c1)C(=O)OC. The summed E-state index contributed by atoms with van der Waals surface area (Å²) in [6.45, 7) is 3.67. The summed E-state index contributed by atoms with van der Waals surface area (Å²) in [7, 11) is 1.25. The van der Waals surface area contributed by atoms with Crippen LogP contribution in [0.4, 0.5) is 5.69 Å². The van der Waals surface area contributed by atoms with Crippen molar-refractivity contribution in [3.05, 3.63) is 33.4 Å². The standard InChI is InChI=1S/C19H22N4O7/c1-4-14(19(27)30-3)21-6-7-22(5-2)18(26)13(11-20)8-12-9-15(23(28)29)17(25)16(24)10-12/h6,8-10,14,24-25H,4-5,7H2,1-3H3/b13-8+,21-6?/t14-/m0/s1. The third kappa shape index (κ3) is 6.03. The monoisotopic (exact) mass is 418 g/mol. The molecule has 1 aromatic carbocycles. The van der Waals surface area contributed by atoms with Gasteiger partial charge >= 0.3 is 11.7 Å². The Balaban J connectivity index is 3.12. The fourth-order valence-corrected chi connectivity index (χ4v) is 2.42. The van der Waals surface area contributed by atoms with E-state index in [0.29, 0.717) is 6.42 Å². The Morgan fingerprint density at radius 1 is 1.40 bits per heavy atom. The van der Waals surface area contributed by atoms with Gasteiger partial charge in [0.1, 0.15) is 17.7 Å². The summed E-state index contributed by atoms with van der Waals surface area (Å²) in [6.07, 6.45) is 2.85. The second-order valence-electron chi connectivity index (χ2n) is 5.96. The van der Waals surface area contributed by atoms with Crippen LogP contribution in [0.2, 0.25) is 0 Å². The van der Waals surface area contributed by atoms with Crippen LogP contribution in [0.5, 0.6) is 11.5 Å². The largest absolute Gasteiger partial charge is 0.504 e. The first-order valence-corrected chi connectivity index (χ1v) is 8.90. The zero-order valence-corrected chi connectivity index (χ0v) is 16.7. The number of likely N-dealkylation sites (N-methyl/N-ethyl adjacent to an activating group) is 1. The van der Waals surface area contributed by atoms with E-state index >= 15 is 0 Å². The van der Waals surface area contributed by atoms with Crippen LogP contribution in [0.3, 0.4) is 0 Å². The van der Waals surface area contributed by atoms with Crippen molar-refractivity contribution in [3.8, 4) is 17.6 Å². The van der Waals surface area contributed by atoms with Crippen molar-refractivity contribution in [1.29, 1.82) is 5.26 Å². The van der Waals surface area contributed by atoms with Gasteiger partial charge in [-0.3, -0.25) is 19.9 Å². The van der Waals surface area contributed by atoms with E-state index in [1.807, 2.05) is 0 Å². The van der Waals surface area contributed by atoms with E-state index < -0.39 is 40.0 Å². The number of nitrogens with zero attached hydrogens (tertiary/aromatic N) is 4.